The van der Waals surface area contributed by atoms with E-state index in [4.69, 9.17) is 56.2 Å². The van der Waals surface area contributed by atoms with E-state index < -0.39 is 51.8 Å². The van der Waals surface area contributed by atoms with Gasteiger partial charge in [0.2, 0.25) is 0 Å². The highest BCUT2D eigenvalue weighted by atomic mass is 31.2. The van der Waals surface area contributed by atoms with E-state index in [0.29, 0.717) is 45.7 Å². The fraction of sp³-hybridized carbons (Fsp3) is 1.00. The molecule has 296 valence electrons. The maximum atomic E-state index is 14.4. The number of phosphoric ester groups is 1. The molecular weight excluding hydrogens is 671 g/mol. The first-order chi connectivity index (χ1) is 23.6. The van der Waals surface area contributed by atoms with Crippen molar-refractivity contribution in [3.8, 4) is 0 Å². The van der Waals surface area contributed by atoms with Gasteiger partial charge in [0.1, 0.15) is 13.2 Å². The van der Waals surface area contributed by atoms with Crippen LogP contribution in [0.3, 0.4) is 0 Å². The molecule has 0 amide bonds. The van der Waals surface area contributed by atoms with Crippen LogP contribution in [0.25, 0.3) is 0 Å². The van der Waals surface area contributed by atoms with Gasteiger partial charge < -0.3 is 58.0 Å². The van der Waals surface area contributed by atoms with E-state index in [1.807, 2.05) is 41.5 Å². The van der Waals surface area contributed by atoms with Gasteiger partial charge in [0.05, 0.1) is 66.1 Å². The van der Waals surface area contributed by atoms with Gasteiger partial charge in [0, 0.05) is 26.4 Å². The second-order valence-electron chi connectivity index (χ2n) is 10.8. The van der Waals surface area contributed by atoms with Crippen molar-refractivity contribution in [2.24, 2.45) is 0 Å². The van der Waals surface area contributed by atoms with Crippen LogP contribution in [0.5, 0.6) is 0 Å². The number of aliphatic hydroxyl groups excluding tert-OH is 2. The number of ether oxygens (including phenoxy) is 9. The predicted octanol–water partition coefficient (Wildman–Crippen LogP) is 3.78. The number of unbranched alkanes of at least 4 members (excludes halogenated alkanes) is 3. The second kappa shape index (κ2) is 31.2. The molecule has 3 atom stereocenters. The highest BCUT2D eigenvalue weighted by molar-refractivity contribution is 7.48. The lowest BCUT2D eigenvalue weighted by atomic mass is 10.1. The Morgan fingerprint density at radius 1 is 0.531 bits per heavy atom. The SMILES string of the molecule is CCCCOCC(OCCCC)(OCCCC)C(O)(COCCOCC)OP(=O)(OC(O)COCCOCC)OC(O)COCCOCC. The molecule has 16 nitrogen and oxygen atoms in total. The molecule has 17 heteroatoms. The van der Waals surface area contributed by atoms with Crippen molar-refractivity contribution in [3.63, 3.8) is 0 Å². The summed E-state index contributed by atoms with van der Waals surface area (Å²) < 4.78 is 81.6. The smallest absolute Gasteiger partial charge is 0.379 e. The Balaban J connectivity index is 6.67. The van der Waals surface area contributed by atoms with Crippen LogP contribution in [0.1, 0.15) is 80.1 Å². The van der Waals surface area contributed by atoms with Gasteiger partial charge in [0.25, 0.3) is 11.6 Å². The lowest BCUT2D eigenvalue weighted by molar-refractivity contribution is -0.401. The Morgan fingerprint density at radius 3 is 1.35 bits per heavy atom. The molecule has 0 aromatic rings. The van der Waals surface area contributed by atoms with Gasteiger partial charge in [-0.2, -0.15) is 0 Å². The van der Waals surface area contributed by atoms with Crippen molar-refractivity contribution in [1.29, 1.82) is 0 Å². The summed E-state index contributed by atoms with van der Waals surface area (Å²) in [4.78, 5) is 0. The van der Waals surface area contributed by atoms with Crippen LogP contribution >= 0.6 is 7.82 Å². The molecule has 0 aliphatic heterocycles. The molecule has 49 heavy (non-hydrogen) atoms. The Bertz CT molecular complexity index is 745. The van der Waals surface area contributed by atoms with Gasteiger partial charge >= 0.3 is 7.82 Å². The molecule has 3 unspecified atom stereocenters. The van der Waals surface area contributed by atoms with E-state index in [-0.39, 0.29) is 59.5 Å². The van der Waals surface area contributed by atoms with Crippen LogP contribution in [0, 0.1) is 0 Å². The first-order valence-corrected chi connectivity index (χ1v) is 19.1. The van der Waals surface area contributed by atoms with E-state index in [9.17, 15) is 19.9 Å². The first-order valence-electron chi connectivity index (χ1n) is 17.7. The molecule has 0 aromatic carbocycles. The molecule has 0 aromatic heterocycles. The number of aliphatic hydroxyl groups is 3. The number of hydrogen-bond donors (Lipinski definition) is 3. The van der Waals surface area contributed by atoms with Crippen molar-refractivity contribution < 1.29 is 76.1 Å². The van der Waals surface area contributed by atoms with Crippen LogP contribution in [-0.2, 0) is 60.8 Å². The van der Waals surface area contributed by atoms with Crippen LogP contribution in [0.4, 0.5) is 0 Å². The molecule has 0 aliphatic rings. The fourth-order valence-electron chi connectivity index (χ4n) is 3.86. The number of rotatable bonds is 38. The molecular formula is C32H67O16P. The molecule has 3 N–H and O–H groups in total. The average molecular weight is 739 g/mol. The molecule has 0 rings (SSSR count). The maximum Gasteiger partial charge on any atom is 0.482 e. The minimum absolute atomic E-state index is 0.00874. The summed E-state index contributed by atoms with van der Waals surface area (Å²) in [7, 11) is -5.16. The Kier molecular flexibility index (Phi) is 30.9. The number of hydrogen-bond acceptors (Lipinski definition) is 16. The summed E-state index contributed by atoms with van der Waals surface area (Å²) in [6, 6.07) is 0. The highest BCUT2D eigenvalue weighted by Crippen LogP contribution is 2.56. The standard InChI is InChI=1S/C32H67O16P/c1-7-13-16-42-28-32(44-17-14-8-2,45-18-15-9-3)31(35,27-43-24-21-39-12-6)48-49(36,46-29(33)25-40-22-19-37-10-4)47-30(34)26-41-23-20-38-11-5/h29-30,33-35H,7-28H2,1-6H3. The molecule has 0 heterocycles. The highest BCUT2D eigenvalue weighted by Gasteiger charge is 2.60. The van der Waals surface area contributed by atoms with Crippen molar-refractivity contribution in [1.82, 2.24) is 0 Å². The summed E-state index contributed by atoms with van der Waals surface area (Å²) >= 11 is 0. The zero-order chi connectivity index (χ0) is 36.7. The van der Waals surface area contributed by atoms with Crippen molar-refractivity contribution in [3.05, 3.63) is 0 Å². The Morgan fingerprint density at radius 2 is 0.918 bits per heavy atom. The molecule has 0 bridgehead atoms. The third kappa shape index (κ3) is 23.0. The Hall–Kier alpha value is -0.370. The molecule has 0 radical (unpaired) electrons. The second-order valence-corrected chi connectivity index (χ2v) is 12.3. The zero-order valence-corrected chi connectivity index (χ0v) is 31.7. The molecule has 0 saturated carbocycles. The summed E-state index contributed by atoms with van der Waals surface area (Å²) in [5, 5.41) is 33.8. The van der Waals surface area contributed by atoms with Crippen LogP contribution in [-0.4, -0.2) is 145 Å². The maximum absolute atomic E-state index is 14.4. The molecule has 0 aliphatic carbocycles. The summed E-state index contributed by atoms with van der Waals surface area (Å²) in [6.45, 7) is 12.2. The van der Waals surface area contributed by atoms with Crippen LogP contribution in [0.15, 0.2) is 0 Å². The zero-order valence-electron chi connectivity index (χ0n) is 30.8. The molecule has 0 saturated heterocycles. The molecule has 0 fully saturated rings. The number of phosphoric acid groups is 1. The van der Waals surface area contributed by atoms with Gasteiger partial charge in [-0.3, -0.25) is 9.05 Å². The molecule has 0 spiro atoms. The van der Waals surface area contributed by atoms with Crippen molar-refractivity contribution in [2.45, 2.75) is 104 Å². The lowest BCUT2D eigenvalue weighted by Gasteiger charge is -2.45. The quantitative estimate of drug-likeness (QED) is 0.0471. The van der Waals surface area contributed by atoms with Gasteiger partial charge in [-0.15, -0.1) is 0 Å². The lowest BCUT2D eigenvalue weighted by Crippen LogP contribution is -2.64. The fourth-order valence-corrected chi connectivity index (χ4v) is 5.28. The first kappa shape index (κ1) is 48.6. The van der Waals surface area contributed by atoms with Gasteiger partial charge in [-0.05, 0) is 40.0 Å². The third-order valence-corrected chi connectivity index (χ3v) is 8.04. The minimum atomic E-state index is -5.16. The average Bonchev–Trinajstić information content (AvgIpc) is 3.06. The van der Waals surface area contributed by atoms with E-state index in [1.54, 1.807) is 0 Å². The van der Waals surface area contributed by atoms with Crippen LogP contribution in [0.2, 0.25) is 0 Å². The minimum Gasteiger partial charge on any atom is -0.379 e. The van der Waals surface area contributed by atoms with E-state index in [1.165, 1.54) is 0 Å². The van der Waals surface area contributed by atoms with E-state index in [0.717, 1.165) is 19.3 Å². The summed E-state index contributed by atoms with van der Waals surface area (Å²) in [6.07, 6.45) is 0.430. The summed E-state index contributed by atoms with van der Waals surface area (Å²) in [5.41, 5.74) is 0. The predicted molar refractivity (Wildman–Crippen MR) is 180 cm³/mol. The largest absolute Gasteiger partial charge is 0.482 e. The van der Waals surface area contributed by atoms with Gasteiger partial charge in [-0.25, -0.2) is 9.09 Å². The van der Waals surface area contributed by atoms with Gasteiger partial charge in [-0.1, -0.05) is 40.0 Å². The van der Waals surface area contributed by atoms with Crippen molar-refractivity contribution >= 4 is 7.82 Å². The summed E-state index contributed by atoms with van der Waals surface area (Å²) in [5.74, 6) is -4.88. The van der Waals surface area contributed by atoms with Crippen molar-refractivity contribution in [2.75, 3.05) is 106 Å². The van der Waals surface area contributed by atoms with E-state index in [2.05, 4.69) is 0 Å². The van der Waals surface area contributed by atoms with Gasteiger partial charge in [0.15, 0.2) is 12.6 Å². The monoisotopic (exact) mass is 738 g/mol. The third-order valence-electron chi connectivity index (χ3n) is 6.51. The van der Waals surface area contributed by atoms with Crippen LogP contribution < -0.4 is 0 Å². The Labute approximate surface area is 293 Å². The van der Waals surface area contributed by atoms with E-state index >= 15 is 0 Å². The normalized spacial score (nSPS) is 16.0. The topological polar surface area (TPSA) is 189 Å².